The highest BCUT2D eigenvalue weighted by Gasteiger charge is 2.33. The molecule has 1 nitrogen and oxygen atoms in total. The topological polar surface area (TPSA) is 3.24 Å². The third kappa shape index (κ3) is 1.12. The van der Waals surface area contributed by atoms with Crippen LogP contribution < -0.4 is 0 Å². The molecule has 0 N–H and O–H groups in total. The largest absolute Gasteiger partial charge is 0.299 e. The lowest BCUT2D eigenvalue weighted by molar-refractivity contribution is 0.201. The first kappa shape index (κ1) is 7.11. The summed E-state index contributed by atoms with van der Waals surface area (Å²) in [5.74, 6) is 0. The van der Waals surface area contributed by atoms with Crippen LogP contribution in [-0.4, -0.2) is 28.9 Å². The van der Waals surface area contributed by atoms with Gasteiger partial charge in [0.15, 0.2) is 0 Å². The summed E-state index contributed by atoms with van der Waals surface area (Å²) >= 11 is 3.74. The lowest BCUT2D eigenvalue weighted by Gasteiger charge is -2.30. The van der Waals surface area contributed by atoms with Gasteiger partial charge in [0.25, 0.3) is 0 Å². The molecule has 2 atom stereocenters. The van der Waals surface area contributed by atoms with Gasteiger partial charge in [0.05, 0.1) is 0 Å². The molecule has 2 heteroatoms. The van der Waals surface area contributed by atoms with Gasteiger partial charge in [-0.1, -0.05) is 22.4 Å². The Morgan fingerprint density at radius 1 is 1.10 bits per heavy atom. The molecule has 10 heavy (non-hydrogen) atoms. The molecule has 2 aliphatic rings. The highest BCUT2D eigenvalue weighted by molar-refractivity contribution is 9.09. The Morgan fingerprint density at radius 2 is 2.00 bits per heavy atom. The maximum atomic E-state index is 3.74. The first-order chi connectivity index (χ1) is 4.88. The van der Waals surface area contributed by atoms with Crippen LogP contribution in [0.3, 0.4) is 0 Å². The average Bonchev–Trinajstić information content (AvgIpc) is 2.34. The van der Waals surface area contributed by atoms with Crippen LogP contribution in [0.15, 0.2) is 0 Å². The predicted octanol–water partition coefficient (Wildman–Crippen LogP) is 2.01. The first-order valence-corrected chi connectivity index (χ1v) is 5.17. The number of piperidine rings is 1. The fraction of sp³-hybridized carbons (Fsp3) is 1.00. The number of halogens is 1. The summed E-state index contributed by atoms with van der Waals surface area (Å²) in [7, 11) is 0. The van der Waals surface area contributed by atoms with Crippen molar-refractivity contribution in [2.24, 2.45) is 0 Å². The van der Waals surface area contributed by atoms with Crippen molar-refractivity contribution in [1.82, 2.24) is 4.90 Å². The van der Waals surface area contributed by atoms with Gasteiger partial charge in [0.2, 0.25) is 0 Å². The normalized spacial score (nSPS) is 41.7. The van der Waals surface area contributed by atoms with E-state index in [-0.39, 0.29) is 0 Å². The molecule has 0 aromatic rings. The van der Waals surface area contributed by atoms with Crippen LogP contribution in [0.4, 0.5) is 0 Å². The van der Waals surface area contributed by atoms with Gasteiger partial charge in [-0.2, -0.15) is 0 Å². The molecular weight excluding hydrogens is 190 g/mol. The lowest BCUT2D eigenvalue weighted by Crippen LogP contribution is -2.37. The van der Waals surface area contributed by atoms with Crippen LogP contribution in [0.5, 0.6) is 0 Å². The van der Waals surface area contributed by atoms with E-state index < -0.39 is 0 Å². The zero-order valence-electron chi connectivity index (χ0n) is 6.22. The second-order valence-corrected chi connectivity index (χ2v) is 4.58. The van der Waals surface area contributed by atoms with Crippen LogP contribution in [-0.2, 0) is 0 Å². The molecule has 0 aromatic carbocycles. The Bertz CT molecular complexity index is 124. The standard InChI is InChI=1S/C8H14BrN/c9-7-4-6-10-5-2-1-3-8(7)10/h7-8H,1-6H2/t7-,8+/m1/s1. The summed E-state index contributed by atoms with van der Waals surface area (Å²) in [5.41, 5.74) is 0. The van der Waals surface area contributed by atoms with Crippen LogP contribution in [0.2, 0.25) is 0 Å². The van der Waals surface area contributed by atoms with Crippen molar-refractivity contribution < 1.29 is 0 Å². The first-order valence-electron chi connectivity index (χ1n) is 4.26. The molecule has 2 heterocycles. The minimum absolute atomic E-state index is 0.799. The fourth-order valence-electron chi connectivity index (χ4n) is 2.19. The summed E-state index contributed by atoms with van der Waals surface area (Å²) in [6.07, 6.45) is 5.67. The van der Waals surface area contributed by atoms with Gasteiger partial charge in [0.1, 0.15) is 0 Å². The van der Waals surface area contributed by atoms with Crippen molar-refractivity contribution in [2.75, 3.05) is 13.1 Å². The van der Waals surface area contributed by atoms with Crippen molar-refractivity contribution in [3.8, 4) is 0 Å². The van der Waals surface area contributed by atoms with Gasteiger partial charge in [-0.15, -0.1) is 0 Å². The van der Waals surface area contributed by atoms with Gasteiger partial charge in [0, 0.05) is 10.9 Å². The maximum Gasteiger partial charge on any atom is 0.0313 e. The average molecular weight is 204 g/mol. The van der Waals surface area contributed by atoms with Crippen molar-refractivity contribution in [3.63, 3.8) is 0 Å². The highest BCUT2D eigenvalue weighted by atomic mass is 79.9. The number of hydrogen-bond donors (Lipinski definition) is 0. The highest BCUT2D eigenvalue weighted by Crippen LogP contribution is 2.31. The number of hydrogen-bond acceptors (Lipinski definition) is 1. The number of fused-ring (bicyclic) bond motifs is 1. The van der Waals surface area contributed by atoms with E-state index in [1.54, 1.807) is 0 Å². The molecule has 0 saturated carbocycles. The molecule has 0 aromatic heterocycles. The molecular formula is C8H14BrN. The molecule has 0 radical (unpaired) electrons. The van der Waals surface area contributed by atoms with E-state index in [4.69, 9.17) is 0 Å². The number of alkyl halides is 1. The second kappa shape index (κ2) is 2.82. The van der Waals surface area contributed by atoms with Gasteiger partial charge < -0.3 is 0 Å². The zero-order valence-corrected chi connectivity index (χ0v) is 7.81. The maximum absolute atomic E-state index is 3.74. The van der Waals surface area contributed by atoms with Gasteiger partial charge in [-0.05, 0) is 32.4 Å². The Hall–Kier alpha value is 0.440. The molecule has 0 aliphatic carbocycles. The molecule has 58 valence electrons. The van der Waals surface area contributed by atoms with Gasteiger partial charge in [-0.25, -0.2) is 0 Å². The molecule has 0 bridgehead atoms. The monoisotopic (exact) mass is 203 g/mol. The number of nitrogens with zero attached hydrogens (tertiary/aromatic N) is 1. The number of rotatable bonds is 0. The molecule has 2 saturated heterocycles. The second-order valence-electron chi connectivity index (χ2n) is 3.40. The summed E-state index contributed by atoms with van der Waals surface area (Å²) < 4.78 is 0. The molecule has 2 fully saturated rings. The van der Waals surface area contributed by atoms with E-state index in [1.165, 1.54) is 38.8 Å². The molecule has 2 rings (SSSR count). The van der Waals surface area contributed by atoms with Crippen molar-refractivity contribution >= 4 is 15.9 Å². The van der Waals surface area contributed by atoms with E-state index in [1.807, 2.05) is 0 Å². The Morgan fingerprint density at radius 3 is 2.80 bits per heavy atom. The molecule has 0 unspecified atom stereocenters. The molecule has 0 spiro atoms. The van der Waals surface area contributed by atoms with Crippen molar-refractivity contribution in [2.45, 2.75) is 36.6 Å². The van der Waals surface area contributed by atoms with Crippen molar-refractivity contribution in [3.05, 3.63) is 0 Å². The van der Waals surface area contributed by atoms with Crippen LogP contribution in [0.25, 0.3) is 0 Å². The SMILES string of the molecule is Br[C@@H]1CCN2CCCC[C@@H]12. The third-order valence-corrected chi connectivity index (χ3v) is 3.84. The summed E-state index contributed by atoms with van der Waals surface area (Å²) in [4.78, 5) is 3.44. The third-order valence-electron chi connectivity index (χ3n) is 2.77. The minimum Gasteiger partial charge on any atom is -0.299 e. The summed E-state index contributed by atoms with van der Waals surface area (Å²) in [6.45, 7) is 2.69. The molecule has 2 aliphatic heterocycles. The van der Waals surface area contributed by atoms with E-state index >= 15 is 0 Å². The predicted molar refractivity (Wildman–Crippen MR) is 46.5 cm³/mol. The van der Waals surface area contributed by atoms with Crippen molar-refractivity contribution in [1.29, 1.82) is 0 Å². The van der Waals surface area contributed by atoms with Crippen LogP contribution in [0.1, 0.15) is 25.7 Å². The minimum atomic E-state index is 0.799. The quantitative estimate of drug-likeness (QED) is 0.545. The lowest BCUT2D eigenvalue weighted by atomic mass is 10.0. The van der Waals surface area contributed by atoms with E-state index in [9.17, 15) is 0 Å². The zero-order chi connectivity index (χ0) is 6.97. The van der Waals surface area contributed by atoms with Gasteiger partial charge in [-0.3, -0.25) is 4.90 Å². The summed E-state index contributed by atoms with van der Waals surface area (Å²) in [6, 6.07) is 0.883. The van der Waals surface area contributed by atoms with Crippen LogP contribution in [0, 0.1) is 0 Å². The van der Waals surface area contributed by atoms with Gasteiger partial charge >= 0.3 is 0 Å². The summed E-state index contributed by atoms with van der Waals surface area (Å²) in [5, 5.41) is 0. The molecule has 0 amide bonds. The van der Waals surface area contributed by atoms with Crippen LogP contribution >= 0.6 is 15.9 Å². The van der Waals surface area contributed by atoms with E-state index in [0.29, 0.717) is 0 Å². The Kier molecular flexibility index (Phi) is 2.01. The Labute approximate surface area is 70.9 Å². The van der Waals surface area contributed by atoms with E-state index in [2.05, 4.69) is 20.8 Å². The smallest absolute Gasteiger partial charge is 0.0313 e. The Balaban J connectivity index is 2.01. The van der Waals surface area contributed by atoms with E-state index in [0.717, 1.165) is 10.9 Å². The fourth-order valence-corrected chi connectivity index (χ4v) is 2.99.